The Labute approximate surface area is 95.4 Å². The maximum absolute atomic E-state index is 11.0. The third-order valence-electron chi connectivity index (χ3n) is 3.28. The van der Waals surface area contributed by atoms with Crippen molar-refractivity contribution in [3.63, 3.8) is 0 Å². The van der Waals surface area contributed by atoms with Crippen LogP contribution in [0.4, 0.5) is 0 Å². The molecule has 1 unspecified atom stereocenters. The van der Waals surface area contributed by atoms with Crippen molar-refractivity contribution in [1.29, 1.82) is 0 Å². The first kappa shape index (κ1) is 12.8. The molecule has 0 saturated heterocycles. The first-order valence-electron chi connectivity index (χ1n) is 5.38. The van der Waals surface area contributed by atoms with Gasteiger partial charge in [0.2, 0.25) is 0 Å². The maximum Gasteiger partial charge on any atom is 0.304 e. The molecule has 0 aliphatic heterocycles. The van der Waals surface area contributed by atoms with Crippen LogP contribution in [0.15, 0.2) is 22.8 Å². The van der Waals surface area contributed by atoms with Crippen molar-refractivity contribution in [2.75, 3.05) is 0 Å². The molecule has 0 amide bonds. The lowest BCUT2D eigenvalue weighted by Crippen LogP contribution is -2.54. The molecular weight excluding hydrogens is 206 g/mol. The van der Waals surface area contributed by atoms with Crippen LogP contribution in [0.3, 0.4) is 0 Å². The zero-order chi connectivity index (χ0) is 12.4. The Morgan fingerprint density at radius 2 is 2.19 bits per heavy atom. The van der Waals surface area contributed by atoms with Crippen LogP contribution in [0.2, 0.25) is 0 Å². The smallest absolute Gasteiger partial charge is 0.304 e. The summed E-state index contributed by atoms with van der Waals surface area (Å²) in [5.74, 6) is -0.221. The largest absolute Gasteiger partial charge is 0.481 e. The van der Waals surface area contributed by atoms with Crippen molar-refractivity contribution >= 4 is 5.97 Å². The zero-order valence-electron chi connectivity index (χ0n) is 9.99. The Bertz CT molecular complexity index is 351. The highest BCUT2D eigenvalue weighted by Gasteiger charge is 2.46. The minimum Gasteiger partial charge on any atom is -0.481 e. The number of hydrogen-bond acceptors (Lipinski definition) is 3. The highest BCUT2D eigenvalue weighted by Crippen LogP contribution is 2.40. The van der Waals surface area contributed by atoms with Crippen molar-refractivity contribution < 1.29 is 14.3 Å². The van der Waals surface area contributed by atoms with Gasteiger partial charge in [-0.1, -0.05) is 6.92 Å². The molecule has 0 aliphatic rings. The van der Waals surface area contributed by atoms with Gasteiger partial charge in [-0.05, 0) is 32.4 Å². The second-order valence-electron chi connectivity index (χ2n) is 4.71. The molecule has 4 nitrogen and oxygen atoms in total. The first-order valence-corrected chi connectivity index (χ1v) is 5.38. The van der Waals surface area contributed by atoms with E-state index in [1.807, 2.05) is 20.8 Å². The van der Waals surface area contributed by atoms with Crippen LogP contribution in [0.1, 0.15) is 39.4 Å². The van der Waals surface area contributed by atoms with Gasteiger partial charge in [-0.25, -0.2) is 0 Å². The number of rotatable bonds is 5. The van der Waals surface area contributed by atoms with E-state index >= 15 is 0 Å². The summed E-state index contributed by atoms with van der Waals surface area (Å²) in [4.78, 5) is 11.0. The highest BCUT2D eigenvalue weighted by molar-refractivity contribution is 5.69. The van der Waals surface area contributed by atoms with Gasteiger partial charge in [0.25, 0.3) is 0 Å². The van der Waals surface area contributed by atoms with Crippen LogP contribution in [-0.2, 0) is 10.2 Å². The van der Waals surface area contributed by atoms with E-state index in [2.05, 4.69) is 0 Å². The molecule has 16 heavy (non-hydrogen) atoms. The van der Waals surface area contributed by atoms with Gasteiger partial charge in [0, 0.05) is 5.54 Å². The lowest BCUT2D eigenvalue weighted by Gasteiger charge is -2.41. The molecule has 4 heteroatoms. The van der Waals surface area contributed by atoms with Crippen molar-refractivity contribution in [3.8, 4) is 0 Å². The number of carboxylic acid groups (broad SMARTS) is 1. The van der Waals surface area contributed by atoms with Crippen molar-refractivity contribution in [3.05, 3.63) is 24.2 Å². The van der Waals surface area contributed by atoms with Gasteiger partial charge >= 0.3 is 5.97 Å². The van der Waals surface area contributed by atoms with E-state index in [-0.39, 0.29) is 6.42 Å². The Balaban J connectivity index is 3.24. The van der Waals surface area contributed by atoms with Crippen LogP contribution < -0.4 is 5.73 Å². The van der Waals surface area contributed by atoms with E-state index in [0.717, 1.165) is 0 Å². The Morgan fingerprint density at radius 3 is 2.50 bits per heavy atom. The quantitative estimate of drug-likeness (QED) is 0.804. The van der Waals surface area contributed by atoms with Crippen molar-refractivity contribution in [2.45, 2.75) is 44.6 Å². The minimum absolute atomic E-state index is 0.0273. The van der Waals surface area contributed by atoms with E-state index in [1.54, 1.807) is 18.4 Å². The van der Waals surface area contributed by atoms with Gasteiger partial charge in [0.15, 0.2) is 0 Å². The lowest BCUT2D eigenvalue weighted by molar-refractivity contribution is -0.139. The molecule has 1 heterocycles. The molecule has 0 bridgehead atoms. The number of nitrogens with two attached hydrogens (primary N) is 1. The SMILES string of the molecule is CCC(CC(=O)O)(c1ccco1)C(C)(C)N. The number of furan rings is 1. The lowest BCUT2D eigenvalue weighted by atomic mass is 9.66. The third kappa shape index (κ3) is 2.11. The third-order valence-corrected chi connectivity index (χ3v) is 3.28. The molecule has 90 valence electrons. The topological polar surface area (TPSA) is 76.5 Å². The van der Waals surface area contributed by atoms with E-state index in [9.17, 15) is 4.79 Å². The predicted octanol–water partition coefficient (Wildman–Crippen LogP) is 2.14. The predicted molar refractivity (Wildman–Crippen MR) is 61.2 cm³/mol. The van der Waals surface area contributed by atoms with Gasteiger partial charge in [-0.3, -0.25) is 4.79 Å². The summed E-state index contributed by atoms with van der Waals surface area (Å²) in [6.07, 6.45) is 2.14. The zero-order valence-corrected chi connectivity index (χ0v) is 9.99. The monoisotopic (exact) mass is 225 g/mol. The Kier molecular flexibility index (Phi) is 3.43. The van der Waals surface area contributed by atoms with Gasteiger partial charge in [0.05, 0.1) is 18.1 Å². The molecule has 0 saturated carbocycles. The molecule has 1 aromatic rings. The highest BCUT2D eigenvalue weighted by atomic mass is 16.4. The summed E-state index contributed by atoms with van der Waals surface area (Å²) >= 11 is 0. The molecule has 1 aromatic heterocycles. The molecule has 0 fully saturated rings. The fourth-order valence-corrected chi connectivity index (χ4v) is 2.20. The molecule has 0 aliphatic carbocycles. The van der Waals surface area contributed by atoms with Gasteiger partial charge in [0.1, 0.15) is 5.76 Å². The number of carboxylic acids is 1. The average Bonchev–Trinajstić information content (AvgIpc) is 2.64. The average molecular weight is 225 g/mol. The van der Waals surface area contributed by atoms with E-state index in [4.69, 9.17) is 15.3 Å². The summed E-state index contributed by atoms with van der Waals surface area (Å²) in [5.41, 5.74) is 4.82. The summed E-state index contributed by atoms with van der Waals surface area (Å²) < 4.78 is 5.37. The van der Waals surface area contributed by atoms with Gasteiger partial charge in [-0.15, -0.1) is 0 Å². The van der Waals surface area contributed by atoms with E-state index < -0.39 is 16.9 Å². The summed E-state index contributed by atoms with van der Waals surface area (Å²) in [6, 6.07) is 3.55. The standard InChI is InChI=1S/C12H19NO3/c1-4-12(8-10(14)15,11(2,3)13)9-6-5-7-16-9/h5-7H,4,8,13H2,1-3H3,(H,14,15). The molecule has 3 N–H and O–H groups in total. The molecule has 1 rings (SSSR count). The number of hydrogen-bond donors (Lipinski definition) is 2. The fourth-order valence-electron chi connectivity index (χ4n) is 2.20. The fraction of sp³-hybridized carbons (Fsp3) is 0.583. The van der Waals surface area contributed by atoms with E-state index in [0.29, 0.717) is 12.2 Å². The van der Waals surface area contributed by atoms with Crippen LogP contribution in [-0.4, -0.2) is 16.6 Å². The second kappa shape index (κ2) is 4.29. The van der Waals surface area contributed by atoms with E-state index in [1.165, 1.54) is 0 Å². The van der Waals surface area contributed by atoms with Crippen molar-refractivity contribution in [1.82, 2.24) is 0 Å². The van der Waals surface area contributed by atoms with Gasteiger partial charge in [-0.2, -0.15) is 0 Å². The van der Waals surface area contributed by atoms with Crippen molar-refractivity contribution in [2.24, 2.45) is 5.73 Å². The molecular formula is C12H19NO3. The van der Waals surface area contributed by atoms with Crippen LogP contribution in [0.25, 0.3) is 0 Å². The summed E-state index contributed by atoms with van der Waals surface area (Å²) in [5, 5.41) is 9.05. The maximum atomic E-state index is 11.0. The second-order valence-corrected chi connectivity index (χ2v) is 4.71. The first-order chi connectivity index (χ1) is 7.33. The minimum atomic E-state index is -0.864. The molecule has 0 radical (unpaired) electrons. The summed E-state index contributed by atoms with van der Waals surface area (Å²) in [6.45, 7) is 5.60. The summed E-state index contributed by atoms with van der Waals surface area (Å²) in [7, 11) is 0. The molecule has 1 atom stereocenters. The Morgan fingerprint density at radius 1 is 1.56 bits per heavy atom. The normalized spacial score (nSPS) is 15.8. The Hall–Kier alpha value is -1.29. The van der Waals surface area contributed by atoms with Crippen LogP contribution >= 0.6 is 0 Å². The molecule has 0 aromatic carbocycles. The number of aliphatic carboxylic acids is 1. The number of carbonyl (C=O) groups is 1. The molecule has 0 spiro atoms. The van der Waals surface area contributed by atoms with Gasteiger partial charge < -0.3 is 15.3 Å². The van der Waals surface area contributed by atoms with Crippen LogP contribution in [0, 0.1) is 0 Å². The van der Waals surface area contributed by atoms with Crippen LogP contribution in [0.5, 0.6) is 0 Å².